The Kier molecular flexibility index (Phi) is 8.71. The fraction of sp³-hybridized carbons (Fsp3) is 0.292. The van der Waals surface area contributed by atoms with Crippen LogP contribution in [0.25, 0.3) is 0 Å². The zero-order valence-electron chi connectivity index (χ0n) is 19.9. The fourth-order valence-electron chi connectivity index (χ4n) is 3.75. The Bertz CT molecular complexity index is 1450. The van der Waals surface area contributed by atoms with E-state index in [2.05, 4.69) is 10.0 Å². The molecule has 0 spiro atoms. The molecule has 1 saturated heterocycles. The molecule has 1 aliphatic rings. The number of thiophene rings is 1. The Hall–Kier alpha value is -2.29. The van der Waals surface area contributed by atoms with Crippen LogP contribution in [-0.2, 0) is 31.3 Å². The van der Waals surface area contributed by atoms with Crippen molar-refractivity contribution in [2.75, 3.05) is 29.9 Å². The van der Waals surface area contributed by atoms with Crippen LogP contribution in [0, 0.1) is 12.7 Å². The molecule has 198 valence electrons. The van der Waals surface area contributed by atoms with Crippen LogP contribution < -0.4 is 10.0 Å². The first-order valence-corrected chi connectivity index (χ1v) is 16.3. The Labute approximate surface area is 224 Å². The van der Waals surface area contributed by atoms with Crippen molar-refractivity contribution in [1.29, 1.82) is 0 Å². The summed E-state index contributed by atoms with van der Waals surface area (Å²) in [5, 5.41) is 2.71. The van der Waals surface area contributed by atoms with Crippen molar-refractivity contribution in [2.24, 2.45) is 0 Å². The van der Waals surface area contributed by atoms with E-state index >= 15 is 0 Å². The topological polar surface area (TPSA) is 113 Å². The highest BCUT2D eigenvalue weighted by atomic mass is 32.2. The average molecular weight is 584 g/mol. The SMILES string of the molecule is Cc1sc(S(=O)(=O)N2CCSCC2)cc1NC(=O)[C@H](Cc1ccccc1)NS(=O)(=O)c1ccc(F)cc1. The van der Waals surface area contributed by atoms with E-state index in [1.165, 1.54) is 10.4 Å². The molecule has 1 amide bonds. The van der Waals surface area contributed by atoms with Crippen molar-refractivity contribution < 1.29 is 26.0 Å². The number of amides is 1. The van der Waals surface area contributed by atoms with Crippen LogP contribution in [0.1, 0.15) is 10.4 Å². The van der Waals surface area contributed by atoms with Crippen LogP contribution in [0.5, 0.6) is 0 Å². The molecular formula is C24H26FN3O5S4. The van der Waals surface area contributed by atoms with Crippen molar-refractivity contribution >= 4 is 54.7 Å². The molecule has 37 heavy (non-hydrogen) atoms. The third kappa shape index (κ3) is 6.78. The second kappa shape index (κ2) is 11.6. The van der Waals surface area contributed by atoms with Gasteiger partial charge in [0.25, 0.3) is 10.0 Å². The van der Waals surface area contributed by atoms with Gasteiger partial charge in [-0.05, 0) is 49.2 Å². The molecule has 2 aromatic carbocycles. The number of nitrogens with zero attached hydrogens (tertiary/aromatic N) is 1. The zero-order valence-corrected chi connectivity index (χ0v) is 23.2. The lowest BCUT2D eigenvalue weighted by molar-refractivity contribution is -0.117. The van der Waals surface area contributed by atoms with Crippen molar-refractivity contribution in [3.63, 3.8) is 0 Å². The quantitative estimate of drug-likeness (QED) is 0.399. The van der Waals surface area contributed by atoms with Crippen LogP contribution in [0.4, 0.5) is 10.1 Å². The molecule has 0 radical (unpaired) electrons. The number of hydrogen-bond acceptors (Lipinski definition) is 7. The van der Waals surface area contributed by atoms with Gasteiger partial charge in [0.15, 0.2) is 0 Å². The Balaban J connectivity index is 1.58. The number of nitrogens with one attached hydrogen (secondary N) is 2. The van der Waals surface area contributed by atoms with E-state index in [9.17, 15) is 26.0 Å². The molecule has 2 N–H and O–H groups in total. The summed E-state index contributed by atoms with van der Waals surface area (Å²) in [6.45, 7) is 2.55. The maximum atomic E-state index is 13.3. The molecular weight excluding hydrogens is 558 g/mol. The second-order valence-electron chi connectivity index (χ2n) is 8.36. The Morgan fingerprint density at radius 3 is 2.32 bits per heavy atom. The van der Waals surface area contributed by atoms with Gasteiger partial charge in [-0.25, -0.2) is 21.2 Å². The van der Waals surface area contributed by atoms with E-state index in [4.69, 9.17) is 0 Å². The van der Waals surface area contributed by atoms with Crippen LogP contribution in [0.2, 0.25) is 0 Å². The molecule has 8 nitrogen and oxygen atoms in total. The first-order valence-electron chi connectivity index (χ1n) is 11.4. The lowest BCUT2D eigenvalue weighted by Crippen LogP contribution is -2.45. The van der Waals surface area contributed by atoms with Crippen LogP contribution in [0.15, 0.2) is 69.8 Å². The van der Waals surface area contributed by atoms with Gasteiger partial charge in [0.2, 0.25) is 15.9 Å². The number of sulfonamides is 2. The fourth-order valence-corrected chi connectivity index (χ4v) is 9.07. The number of halogens is 1. The number of carbonyl (C=O) groups excluding carboxylic acids is 1. The van der Waals surface area contributed by atoms with E-state index in [-0.39, 0.29) is 15.5 Å². The first-order chi connectivity index (χ1) is 17.6. The van der Waals surface area contributed by atoms with E-state index < -0.39 is 37.8 Å². The predicted molar refractivity (Wildman–Crippen MR) is 144 cm³/mol. The van der Waals surface area contributed by atoms with Gasteiger partial charge >= 0.3 is 0 Å². The molecule has 13 heteroatoms. The highest BCUT2D eigenvalue weighted by Crippen LogP contribution is 2.33. The average Bonchev–Trinajstić information content (AvgIpc) is 3.25. The molecule has 1 aromatic heterocycles. The molecule has 4 rings (SSSR count). The van der Waals surface area contributed by atoms with E-state index in [0.717, 1.165) is 52.7 Å². The standard InChI is InChI=1S/C24H26FN3O5S4/c1-17-21(16-23(35-17)37(32,33)28-11-13-34-14-12-28)26-24(29)22(15-18-5-3-2-4-6-18)27-36(30,31)20-9-7-19(25)8-10-20/h2-10,16,22,27H,11-15H2,1H3,(H,26,29)/t22-/m0/s1. The van der Waals surface area contributed by atoms with Crippen LogP contribution >= 0.6 is 23.1 Å². The van der Waals surface area contributed by atoms with Gasteiger partial charge in [-0.1, -0.05) is 30.3 Å². The second-order valence-corrected chi connectivity index (χ2v) is 14.7. The van der Waals surface area contributed by atoms with Gasteiger partial charge in [-0.15, -0.1) is 11.3 Å². The lowest BCUT2D eigenvalue weighted by atomic mass is 10.1. The van der Waals surface area contributed by atoms with E-state index in [0.29, 0.717) is 23.7 Å². The molecule has 3 aromatic rings. The minimum Gasteiger partial charge on any atom is -0.324 e. The lowest BCUT2D eigenvalue weighted by Gasteiger charge is -2.24. The third-order valence-corrected chi connectivity index (χ3v) is 11.6. The molecule has 0 aliphatic carbocycles. The number of benzene rings is 2. The van der Waals surface area contributed by atoms with Gasteiger partial charge < -0.3 is 5.32 Å². The number of aryl methyl sites for hydroxylation is 1. The minimum atomic E-state index is -4.16. The molecule has 1 fully saturated rings. The third-order valence-electron chi connectivity index (χ3n) is 5.74. The van der Waals surface area contributed by atoms with Crippen molar-refractivity contribution in [3.8, 4) is 0 Å². The normalized spacial score (nSPS) is 15.8. The summed E-state index contributed by atoms with van der Waals surface area (Å²) in [7, 11) is -7.85. The summed E-state index contributed by atoms with van der Waals surface area (Å²) < 4.78 is 69.4. The number of thioether (sulfide) groups is 1. The molecule has 1 aliphatic heterocycles. The van der Waals surface area contributed by atoms with Gasteiger partial charge in [-0.2, -0.15) is 20.8 Å². The van der Waals surface area contributed by atoms with E-state index in [1.54, 1.807) is 49.0 Å². The first kappa shape index (κ1) is 27.7. The maximum absolute atomic E-state index is 13.3. The number of anilines is 1. The summed E-state index contributed by atoms with van der Waals surface area (Å²) in [5.74, 6) is 0.221. The molecule has 0 bridgehead atoms. The molecule has 0 saturated carbocycles. The molecule has 0 unspecified atom stereocenters. The summed E-state index contributed by atoms with van der Waals surface area (Å²) in [6, 6.07) is 13.4. The summed E-state index contributed by atoms with van der Waals surface area (Å²) in [6.07, 6.45) is 0.0485. The highest BCUT2D eigenvalue weighted by molar-refractivity contribution is 7.99. The van der Waals surface area contributed by atoms with Gasteiger partial charge in [-0.3, -0.25) is 4.79 Å². The predicted octanol–water partition coefficient (Wildman–Crippen LogP) is 3.46. The largest absolute Gasteiger partial charge is 0.324 e. The number of carbonyl (C=O) groups is 1. The smallest absolute Gasteiger partial charge is 0.252 e. The summed E-state index contributed by atoms with van der Waals surface area (Å²) in [4.78, 5) is 13.7. The molecule has 1 atom stereocenters. The van der Waals surface area contributed by atoms with Gasteiger partial charge in [0.05, 0.1) is 10.6 Å². The van der Waals surface area contributed by atoms with Crippen LogP contribution in [-0.4, -0.2) is 57.7 Å². The monoisotopic (exact) mass is 583 g/mol. The van der Waals surface area contributed by atoms with Crippen LogP contribution in [0.3, 0.4) is 0 Å². The minimum absolute atomic E-state index is 0.0485. The summed E-state index contributed by atoms with van der Waals surface area (Å²) >= 11 is 2.76. The van der Waals surface area contributed by atoms with Gasteiger partial charge in [0, 0.05) is 29.5 Å². The number of rotatable bonds is 9. The van der Waals surface area contributed by atoms with Crippen molar-refractivity contribution in [1.82, 2.24) is 9.03 Å². The van der Waals surface area contributed by atoms with E-state index in [1.807, 2.05) is 0 Å². The van der Waals surface area contributed by atoms with Crippen molar-refractivity contribution in [2.45, 2.75) is 28.5 Å². The zero-order chi connectivity index (χ0) is 26.6. The maximum Gasteiger partial charge on any atom is 0.252 e. The Morgan fingerprint density at radius 1 is 1.03 bits per heavy atom. The highest BCUT2D eigenvalue weighted by Gasteiger charge is 2.30. The number of hydrogen-bond donors (Lipinski definition) is 2. The molecule has 2 heterocycles. The Morgan fingerprint density at radius 2 is 1.68 bits per heavy atom. The summed E-state index contributed by atoms with van der Waals surface area (Å²) in [5.41, 5.74) is 1.02. The van der Waals surface area contributed by atoms with Gasteiger partial charge in [0.1, 0.15) is 16.1 Å². The van der Waals surface area contributed by atoms with Crippen molar-refractivity contribution in [3.05, 3.63) is 76.9 Å².